The molecule has 2 unspecified atom stereocenters. The van der Waals surface area contributed by atoms with E-state index in [0.29, 0.717) is 17.5 Å². The lowest BCUT2D eigenvalue weighted by molar-refractivity contribution is 0.0847. The molecular formula is C10H16ClNO2. The van der Waals surface area contributed by atoms with Crippen molar-refractivity contribution >= 4 is 11.6 Å². The predicted molar refractivity (Wildman–Crippen MR) is 56.1 cm³/mol. The fourth-order valence-corrected chi connectivity index (χ4v) is 1.65. The van der Waals surface area contributed by atoms with E-state index in [4.69, 9.17) is 21.8 Å². The monoisotopic (exact) mass is 217 g/mol. The number of rotatable bonds is 5. The first-order valence-electron chi connectivity index (χ1n) is 4.82. The minimum Gasteiger partial charge on any atom is -0.447 e. The Morgan fingerprint density at radius 3 is 2.71 bits per heavy atom. The molecule has 1 aromatic heterocycles. The highest BCUT2D eigenvalue weighted by Gasteiger charge is 2.21. The molecule has 1 rings (SSSR count). The topological polar surface area (TPSA) is 59.4 Å². The zero-order valence-corrected chi connectivity index (χ0v) is 9.00. The Kier molecular flexibility index (Phi) is 4.45. The van der Waals surface area contributed by atoms with Crippen LogP contribution in [-0.4, -0.2) is 11.7 Å². The van der Waals surface area contributed by atoms with Crippen LogP contribution in [-0.2, 0) is 0 Å². The van der Waals surface area contributed by atoms with E-state index in [9.17, 15) is 5.11 Å². The molecule has 0 aliphatic heterocycles. The molecule has 0 aliphatic carbocycles. The van der Waals surface area contributed by atoms with Crippen LogP contribution in [0.1, 0.15) is 31.6 Å². The maximum atomic E-state index is 9.89. The quantitative estimate of drug-likeness (QED) is 0.796. The molecule has 0 fully saturated rings. The maximum absolute atomic E-state index is 9.89. The molecule has 1 aromatic rings. The van der Waals surface area contributed by atoms with Crippen molar-refractivity contribution < 1.29 is 9.52 Å². The molecule has 0 saturated heterocycles. The van der Waals surface area contributed by atoms with Crippen LogP contribution >= 0.6 is 11.6 Å². The average Bonchev–Trinajstić information content (AvgIpc) is 2.60. The van der Waals surface area contributed by atoms with Crippen LogP contribution in [0.25, 0.3) is 0 Å². The Morgan fingerprint density at radius 1 is 1.57 bits per heavy atom. The molecule has 1 heterocycles. The third-order valence-electron chi connectivity index (χ3n) is 2.29. The van der Waals surface area contributed by atoms with Gasteiger partial charge in [-0.1, -0.05) is 13.3 Å². The summed E-state index contributed by atoms with van der Waals surface area (Å²) in [7, 11) is 0. The zero-order valence-electron chi connectivity index (χ0n) is 8.24. The summed E-state index contributed by atoms with van der Waals surface area (Å²) in [6.07, 6.45) is 1.23. The standard InChI is InChI=1S/C10H16ClNO2/c1-2-3-7(6-12)10(13)8-4-5-9(11)14-8/h4-5,7,10,13H,2-3,6,12H2,1H3. The molecule has 0 spiro atoms. The number of halogens is 1. The zero-order chi connectivity index (χ0) is 10.6. The molecule has 0 saturated carbocycles. The number of hydrogen-bond donors (Lipinski definition) is 2. The minimum absolute atomic E-state index is 0.0437. The van der Waals surface area contributed by atoms with Gasteiger partial charge in [-0.3, -0.25) is 0 Å². The van der Waals surface area contributed by atoms with Crippen LogP contribution in [0.4, 0.5) is 0 Å². The van der Waals surface area contributed by atoms with E-state index in [-0.39, 0.29) is 5.92 Å². The van der Waals surface area contributed by atoms with Crippen LogP contribution in [0.15, 0.2) is 16.5 Å². The molecule has 0 amide bonds. The van der Waals surface area contributed by atoms with E-state index in [1.807, 2.05) is 0 Å². The third-order valence-corrected chi connectivity index (χ3v) is 2.50. The molecule has 0 bridgehead atoms. The smallest absolute Gasteiger partial charge is 0.193 e. The minimum atomic E-state index is -0.646. The lowest BCUT2D eigenvalue weighted by Gasteiger charge is -2.18. The molecular weight excluding hydrogens is 202 g/mol. The van der Waals surface area contributed by atoms with Crippen LogP contribution in [0.3, 0.4) is 0 Å². The highest BCUT2D eigenvalue weighted by molar-refractivity contribution is 6.28. The lowest BCUT2D eigenvalue weighted by atomic mass is 9.96. The van der Waals surface area contributed by atoms with E-state index in [1.165, 1.54) is 0 Å². The summed E-state index contributed by atoms with van der Waals surface area (Å²) in [5, 5.41) is 10.2. The Labute approximate surface area is 88.9 Å². The van der Waals surface area contributed by atoms with Crippen molar-refractivity contribution in [3.8, 4) is 0 Å². The van der Waals surface area contributed by atoms with Gasteiger partial charge in [0.2, 0.25) is 0 Å². The molecule has 0 aliphatic rings. The molecule has 4 heteroatoms. The summed E-state index contributed by atoms with van der Waals surface area (Å²) in [6, 6.07) is 3.31. The Morgan fingerprint density at radius 2 is 2.29 bits per heavy atom. The van der Waals surface area contributed by atoms with Gasteiger partial charge in [0.1, 0.15) is 11.9 Å². The lowest BCUT2D eigenvalue weighted by Crippen LogP contribution is -2.21. The van der Waals surface area contributed by atoms with Gasteiger partial charge >= 0.3 is 0 Å². The van der Waals surface area contributed by atoms with Crippen molar-refractivity contribution in [2.45, 2.75) is 25.9 Å². The summed E-state index contributed by atoms with van der Waals surface area (Å²) in [6.45, 7) is 2.51. The van der Waals surface area contributed by atoms with E-state index >= 15 is 0 Å². The average molecular weight is 218 g/mol. The number of aliphatic hydroxyl groups excluding tert-OH is 1. The second-order valence-corrected chi connectivity index (χ2v) is 3.74. The highest BCUT2D eigenvalue weighted by atomic mass is 35.5. The van der Waals surface area contributed by atoms with Crippen molar-refractivity contribution in [2.24, 2.45) is 11.7 Å². The molecule has 80 valence electrons. The first-order chi connectivity index (χ1) is 6.69. The maximum Gasteiger partial charge on any atom is 0.193 e. The fraction of sp³-hybridized carbons (Fsp3) is 0.600. The summed E-state index contributed by atoms with van der Waals surface area (Å²) in [5.74, 6) is 0.543. The summed E-state index contributed by atoms with van der Waals surface area (Å²) >= 11 is 5.62. The first kappa shape index (κ1) is 11.6. The first-order valence-corrected chi connectivity index (χ1v) is 5.20. The summed E-state index contributed by atoms with van der Waals surface area (Å²) in [4.78, 5) is 0. The molecule has 2 atom stereocenters. The largest absolute Gasteiger partial charge is 0.447 e. The summed E-state index contributed by atoms with van der Waals surface area (Å²) < 4.78 is 5.13. The van der Waals surface area contributed by atoms with Gasteiger partial charge < -0.3 is 15.3 Å². The third kappa shape index (κ3) is 2.74. The van der Waals surface area contributed by atoms with Gasteiger partial charge in [0.15, 0.2) is 5.22 Å². The number of hydrogen-bond acceptors (Lipinski definition) is 3. The van der Waals surface area contributed by atoms with E-state index in [0.717, 1.165) is 12.8 Å². The normalized spacial score (nSPS) is 15.4. The van der Waals surface area contributed by atoms with Crippen LogP contribution in [0.2, 0.25) is 5.22 Å². The number of furan rings is 1. The Bertz CT molecular complexity index is 275. The SMILES string of the molecule is CCCC(CN)C(O)c1ccc(Cl)o1. The highest BCUT2D eigenvalue weighted by Crippen LogP contribution is 2.27. The second kappa shape index (κ2) is 5.39. The van der Waals surface area contributed by atoms with Crippen molar-refractivity contribution in [3.05, 3.63) is 23.1 Å². The van der Waals surface area contributed by atoms with Gasteiger partial charge in [-0.05, 0) is 36.7 Å². The van der Waals surface area contributed by atoms with Crippen LogP contribution < -0.4 is 5.73 Å². The van der Waals surface area contributed by atoms with Gasteiger partial charge in [0.25, 0.3) is 0 Å². The second-order valence-electron chi connectivity index (χ2n) is 3.37. The summed E-state index contributed by atoms with van der Waals surface area (Å²) in [5.41, 5.74) is 5.57. The van der Waals surface area contributed by atoms with Crippen molar-refractivity contribution in [2.75, 3.05) is 6.54 Å². The van der Waals surface area contributed by atoms with Crippen molar-refractivity contribution in [1.29, 1.82) is 0 Å². The van der Waals surface area contributed by atoms with Crippen molar-refractivity contribution in [3.63, 3.8) is 0 Å². The molecule has 14 heavy (non-hydrogen) atoms. The van der Waals surface area contributed by atoms with Gasteiger partial charge in [0.05, 0.1) is 0 Å². The predicted octanol–water partition coefficient (Wildman–Crippen LogP) is 2.34. The fourth-order valence-electron chi connectivity index (χ4n) is 1.49. The molecule has 0 radical (unpaired) electrons. The molecule has 3 nitrogen and oxygen atoms in total. The van der Waals surface area contributed by atoms with Crippen LogP contribution in [0, 0.1) is 5.92 Å². The molecule has 3 N–H and O–H groups in total. The van der Waals surface area contributed by atoms with Crippen molar-refractivity contribution in [1.82, 2.24) is 0 Å². The van der Waals surface area contributed by atoms with Gasteiger partial charge in [0, 0.05) is 5.92 Å². The van der Waals surface area contributed by atoms with Crippen LogP contribution in [0.5, 0.6) is 0 Å². The number of aliphatic hydroxyl groups is 1. The van der Waals surface area contributed by atoms with E-state index in [1.54, 1.807) is 12.1 Å². The van der Waals surface area contributed by atoms with E-state index < -0.39 is 6.10 Å². The van der Waals surface area contributed by atoms with Gasteiger partial charge in [-0.2, -0.15) is 0 Å². The molecule has 0 aromatic carbocycles. The Hall–Kier alpha value is -0.510. The van der Waals surface area contributed by atoms with Gasteiger partial charge in [-0.25, -0.2) is 0 Å². The van der Waals surface area contributed by atoms with Gasteiger partial charge in [-0.15, -0.1) is 0 Å². The number of nitrogens with two attached hydrogens (primary N) is 1. The Balaban J connectivity index is 2.66. The van der Waals surface area contributed by atoms with E-state index in [2.05, 4.69) is 6.92 Å².